The van der Waals surface area contributed by atoms with Gasteiger partial charge in [-0.15, -0.1) is 0 Å². The van der Waals surface area contributed by atoms with Gasteiger partial charge in [0.2, 0.25) is 21.9 Å². The van der Waals surface area contributed by atoms with Gasteiger partial charge in [0, 0.05) is 38.3 Å². The van der Waals surface area contributed by atoms with E-state index < -0.39 is 10.0 Å². The second-order valence-electron chi connectivity index (χ2n) is 11.8. The molecular formula is C29H40N8O4S. The Morgan fingerprint density at radius 3 is 2.33 bits per heavy atom. The molecule has 0 spiro atoms. The quantitative estimate of drug-likeness (QED) is 0.375. The van der Waals surface area contributed by atoms with Gasteiger partial charge in [-0.25, -0.2) is 18.4 Å². The number of rotatable bonds is 9. The summed E-state index contributed by atoms with van der Waals surface area (Å²) in [5, 5.41) is 4.16. The highest BCUT2D eigenvalue weighted by molar-refractivity contribution is 7.92. The van der Waals surface area contributed by atoms with Crippen molar-refractivity contribution in [3.8, 4) is 11.6 Å². The molecule has 5 heterocycles. The average Bonchev–Trinajstić information content (AvgIpc) is 3.39. The molecule has 3 aromatic heterocycles. The van der Waals surface area contributed by atoms with Crippen molar-refractivity contribution in [3.05, 3.63) is 30.7 Å². The molecule has 226 valence electrons. The number of nitrogens with one attached hydrogen (secondary N) is 2. The van der Waals surface area contributed by atoms with Gasteiger partial charge in [0.15, 0.2) is 5.75 Å². The Balaban J connectivity index is 1.11. The molecule has 2 N–H and O–H groups in total. The molecule has 1 aliphatic carbocycles. The summed E-state index contributed by atoms with van der Waals surface area (Å²) in [6.07, 6.45) is 14.4. The summed E-state index contributed by atoms with van der Waals surface area (Å²) in [6.45, 7) is 3.88. The minimum absolute atomic E-state index is 0.0110. The first kappa shape index (κ1) is 28.7. The third kappa shape index (κ3) is 7.30. The topological polar surface area (TPSA) is 135 Å². The smallest absolute Gasteiger partial charge is 0.229 e. The Morgan fingerprint density at radius 1 is 0.881 bits per heavy atom. The summed E-state index contributed by atoms with van der Waals surface area (Å²) >= 11 is 0. The second kappa shape index (κ2) is 12.4. The van der Waals surface area contributed by atoms with Crippen molar-refractivity contribution in [3.63, 3.8) is 0 Å². The van der Waals surface area contributed by atoms with Crippen LogP contribution < -0.4 is 24.4 Å². The second-order valence-corrected chi connectivity index (χ2v) is 13.5. The van der Waals surface area contributed by atoms with Crippen LogP contribution in [0.1, 0.15) is 51.4 Å². The number of sulfonamides is 1. The standard InChI is InChI=1S/C29H40N8O4S/c1-36-13-10-23(19-36)40-24-17-31-29(32-18-24)33-20-6-8-22(9-7-20)41-28-25-14-21(35-42(2,38)39)16-30-26(25)15-27(34-28)37-11-4-3-5-12-37/h14-18,20,22-23,35H,3-13,19H2,1-2H3,(H,31,32,33)/t20?,22?,23-/m1/s1. The molecule has 0 unspecified atom stereocenters. The Hall–Kier alpha value is -3.45. The molecule has 3 aromatic rings. The zero-order chi connectivity index (χ0) is 29.1. The monoisotopic (exact) mass is 596 g/mol. The number of hydrogen-bond acceptors (Lipinski definition) is 11. The third-order valence-electron chi connectivity index (χ3n) is 8.18. The number of pyridine rings is 2. The highest BCUT2D eigenvalue weighted by Gasteiger charge is 2.26. The van der Waals surface area contributed by atoms with Crippen LogP contribution >= 0.6 is 0 Å². The van der Waals surface area contributed by atoms with Crippen LogP contribution in [-0.4, -0.2) is 91.0 Å². The van der Waals surface area contributed by atoms with Gasteiger partial charge in [-0.2, -0.15) is 4.98 Å². The lowest BCUT2D eigenvalue weighted by molar-refractivity contribution is 0.146. The summed E-state index contributed by atoms with van der Waals surface area (Å²) in [7, 11) is -1.34. The van der Waals surface area contributed by atoms with Gasteiger partial charge in [0.05, 0.1) is 41.4 Å². The Morgan fingerprint density at radius 2 is 1.64 bits per heavy atom. The van der Waals surface area contributed by atoms with Gasteiger partial charge in [0.25, 0.3) is 0 Å². The molecule has 13 heteroatoms. The lowest BCUT2D eigenvalue weighted by Gasteiger charge is -2.31. The maximum Gasteiger partial charge on any atom is 0.229 e. The molecule has 6 rings (SSSR count). The molecule has 2 saturated heterocycles. The fraction of sp³-hybridized carbons (Fsp3) is 0.586. The zero-order valence-electron chi connectivity index (χ0n) is 24.3. The van der Waals surface area contributed by atoms with Crippen molar-refractivity contribution >= 4 is 38.4 Å². The van der Waals surface area contributed by atoms with Crippen molar-refractivity contribution in [2.45, 2.75) is 69.6 Å². The number of fused-ring (bicyclic) bond motifs is 1. The Kier molecular flexibility index (Phi) is 8.48. The molecule has 0 radical (unpaired) electrons. The van der Waals surface area contributed by atoms with Crippen molar-refractivity contribution in [2.24, 2.45) is 0 Å². The number of likely N-dealkylation sites (N-methyl/N-ethyl adjacent to an activating group) is 1. The first-order valence-corrected chi connectivity index (χ1v) is 16.8. The van der Waals surface area contributed by atoms with Gasteiger partial charge in [-0.3, -0.25) is 9.71 Å². The van der Waals surface area contributed by atoms with Gasteiger partial charge < -0.3 is 24.6 Å². The molecule has 0 amide bonds. The van der Waals surface area contributed by atoms with Crippen molar-refractivity contribution in [1.29, 1.82) is 0 Å². The van der Waals surface area contributed by atoms with E-state index >= 15 is 0 Å². The predicted octanol–water partition coefficient (Wildman–Crippen LogP) is 3.67. The molecule has 1 saturated carbocycles. The lowest BCUT2D eigenvalue weighted by atomic mass is 9.93. The van der Waals surface area contributed by atoms with E-state index in [1.807, 2.05) is 6.07 Å². The van der Waals surface area contributed by atoms with Gasteiger partial charge in [-0.1, -0.05) is 0 Å². The minimum Gasteiger partial charge on any atom is -0.486 e. The predicted molar refractivity (Wildman–Crippen MR) is 163 cm³/mol. The van der Waals surface area contributed by atoms with Gasteiger partial charge in [-0.05, 0) is 64.5 Å². The van der Waals surface area contributed by atoms with E-state index in [-0.39, 0.29) is 18.2 Å². The largest absolute Gasteiger partial charge is 0.486 e. The van der Waals surface area contributed by atoms with Crippen molar-refractivity contribution in [1.82, 2.24) is 24.8 Å². The summed E-state index contributed by atoms with van der Waals surface area (Å²) in [5.41, 5.74) is 1.13. The maximum absolute atomic E-state index is 11.8. The van der Waals surface area contributed by atoms with Crippen LogP contribution in [0.25, 0.3) is 10.9 Å². The molecule has 3 aliphatic rings. The summed E-state index contributed by atoms with van der Waals surface area (Å²) < 4.78 is 38.8. The SMILES string of the molecule is CN1CC[C@@H](Oc2cnc(NC3CCC(Oc4nc(N5CCCCC5)cc5ncc(NS(C)(=O)=O)cc45)CC3)nc2)C1. The molecule has 0 bridgehead atoms. The number of hydrogen-bond donors (Lipinski definition) is 2. The molecule has 1 atom stereocenters. The molecule has 2 aliphatic heterocycles. The summed E-state index contributed by atoms with van der Waals surface area (Å²) in [4.78, 5) is 23.0. The highest BCUT2D eigenvalue weighted by Crippen LogP contribution is 2.33. The van der Waals surface area contributed by atoms with Crippen LogP contribution in [-0.2, 0) is 10.0 Å². The number of aromatic nitrogens is 4. The van der Waals surface area contributed by atoms with Crippen LogP contribution in [0.2, 0.25) is 0 Å². The lowest BCUT2D eigenvalue weighted by Crippen LogP contribution is -2.32. The van der Waals surface area contributed by atoms with E-state index in [1.54, 1.807) is 18.5 Å². The van der Waals surface area contributed by atoms with E-state index in [4.69, 9.17) is 14.5 Å². The van der Waals surface area contributed by atoms with Crippen LogP contribution in [0.3, 0.4) is 0 Å². The fourth-order valence-corrected chi connectivity index (χ4v) is 6.57. The third-order valence-corrected chi connectivity index (χ3v) is 8.79. The van der Waals surface area contributed by atoms with E-state index in [2.05, 4.69) is 41.8 Å². The van der Waals surface area contributed by atoms with Crippen LogP contribution in [0.5, 0.6) is 11.6 Å². The zero-order valence-corrected chi connectivity index (χ0v) is 25.1. The van der Waals surface area contributed by atoms with Crippen LogP contribution in [0.15, 0.2) is 30.7 Å². The van der Waals surface area contributed by atoms with Gasteiger partial charge in [0.1, 0.15) is 18.0 Å². The van der Waals surface area contributed by atoms with E-state index in [9.17, 15) is 8.42 Å². The van der Waals surface area contributed by atoms with E-state index in [0.29, 0.717) is 28.7 Å². The molecular weight excluding hydrogens is 556 g/mol. The first-order chi connectivity index (χ1) is 20.3. The van der Waals surface area contributed by atoms with E-state index in [0.717, 1.165) is 88.7 Å². The number of nitrogens with zero attached hydrogens (tertiary/aromatic N) is 6. The normalized spacial score (nSPS) is 23.6. The number of likely N-dealkylation sites (tertiary alicyclic amines) is 1. The summed E-state index contributed by atoms with van der Waals surface area (Å²) in [6, 6.07) is 3.98. The molecule has 0 aromatic carbocycles. The number of anilines is 3. The molecule has 12 nitrogen and oxygen atoms in total. The summed E-state index contributed by atoms with van der Waals surface area (Å²) in [5.74, 6) is 2.66. The Bertz CT molecular complexity index is 1470. The van der Waals surface area contributed by atoms with Crippen molar-refractivity contribution in [2.75, 3.05) is 54.4 Å². The minimum atomic E-state index is -3.44. The Labute approximate surface area is 247 Å². The fourth-order valence-electron chi connectivity index (χ4n) is 6.03. The van der Waals surface area contributed by atoms with Crippen LogP contribution in [0.4, 0.5) is 17.5 Å². The number of piperidine rings is 1. The maximum atomic E-state index is 11.8. The first-order valence-electron chi connectivity index (χ1n) is 14.9. The van der Waals surface area contributed by atoms with Gasteiger partial charge >= 0.3 is 0 Å². The highest BCUT2D eigenvalue weighted by atomic mass is 32.2. The molecule has 3 fully saturated rings. The van der Waals surface area contributed by atoms with Crippen LogP contribution in [0, 0.1) is 0 Å². The number of ether oxygens (including phenoxy) is 2. The molecule has 42 heavy (non-hydrogen) atoms. The average molecular weight is 597 g/mol. The van der Waals surface area contributed by atoms with Crippen molar-refractivity contribution < 1.29 is 17.9 Å². The van der Waals surface area contributed by atoms with E-state index in [1.165, 1.54) is 12.6 Å².